The summed E-state index contributed by atoms with van der Waals surface area (Å²) < 4.78 is 12.3. The van der Waals surface area contributed by atoms with Gasteiger partial charge in [-0.25, -0.2) is 4.79 Å². The lowest BCUT2D eigenvalue weighted by atomic mass is 10.1. The van der Waals surface area contributed by atoms with Gasteiger partial charge in [-0.3, -0.25) is 9.48 Å². The van der Waals surface area contributed by atoms with Crippen molar-refractivity contribution in [1.82, 2.24) is 15.1 Å². The van der Waals surface area contributed by atoms with Gasteiger partial charge >= 0.3 is 5.97 Å². The van der Waals surface area contributed by atoms with Crippen molar-refractivity contribution in [2.75, 3.05) is 25.5 Å². The molecule has 2 heterocycles. The molecule has 1 saturated heterocycles. The predicted molar refractivity (Wildman–Crippen MR) is 105 cm³/mol. The Morgan fingerprint density at radius 1 is 1.32 bits per heavy atom. The molecule has 1 aromatic heterocycles. The lowest BCUT2D eigenvalue weighted by Gasteiger charge is -2.22. The van der Waals surface area contributed by atoms with E-state index >= 15 is 0 Å². The van der Waals surface area contributed by atoms with Gasteiger partial charge in [-0.15, -0.1) is 0 Å². The number of nitrogens with one attached hydrogen (secondary N) is 2. The molecule has 150 valence electrons. The Kier molecular flexibility index (Phi) is 6.30. The SMILES string of the molecule is COC(=O)c1ccc(OC(C)C)c(NC(=O)c2ccn(C3CCCNC3)n2)c1. The average molecular weight is 386 g/mol. The quantitative estimate of drug-likeness (QED) is 0.741. The number of hydrogen-bond acceptors (Lipinski definition) is 6. The van der Waals surface area contributed by atoms with Crippen molar-refractivity contribution in [2.45, 2.75) is 38.8 Å². The van der Waals surface area contributed by atoms with Gasteiger partial charge in [0.25, 0.3) is 5.91 Å². The highest BCUT2D eigenvalue weighted by molar-refractivity contribution is 6.04. The monoisotopic (exact) mass is 386 g/mol. The van der Waals surface area contributed by atoms with Gasteiger partial charge in [0.05, 0.1) is 30.5 Å². The fraction of sp³-hybridized carbons (Fsp3) is 0.450. The second-order valence-electron chi connectivity index (χ2n) is 7.00. The first-order chi connectivity index (χ1) is 13.5. The van der Waals surface area contributed by atoms with Crippen molar-refractivity contribution in [2.24, 2.45) is 0 Å². The number of anilines is 1. The van der Waals surface area contributed by atoms with Gasteiger partial charge in [-0.05, 0) is 57.5 Å². The zero-order valence-corrected chi connectivity index (χ0v) is 16.4. The van der Waals surface area contributed by atoms with Crippen molar-refractivity contribution >= 4 is 17.6 Å². The molecular weight excluding hydrogens is 360 g/mol. The number of piperidine rings is 1. The molecule has 2 aromatic rings. The van der Waals surface area contributed by atoms with E-state index in [1.165, 1.54) is 7.11 Å². The van der Waals surface area contributed by atoms with Crippen LogP contribution < -0.4 is 15.4 Å². The number of ether oxygens (including phenoxy) is 2. The van der Waals surface area contributed by atoms with Gasteiger partial charge in [0.1, 0.15) is 5.75 Å². The molecule has 0 radical (unpaired) electrons. The van der Waals surface area contributed by atoms with Crippen LogP contribution in [0.3, 0.4) is 0 Å². The fourth-order valence-electron chi connectivity index (χ4n) is 3.14. The number of esters is 1. The summed E-state index contributed by atoms with van der Waals surface area (Å²) in [5.74, 6) is -0.370. The minimum absolute atomic E-state index is 0.0855. The average Bonchev–Trinajstić information content (AvgIpc) is 3.19. The maximum atomic E-state index is 12.7. The largest absolute Gasteiger partial charge is 0.489 e. The molecule has 1 aliphatic rings. The van der Waals surface area contributed by atoms with E-state index in [0.29, 0.717) is 22.7 Å². The van der Waals surface area contributed by atoms with Gasteiger partial charge in [0, 0.05) is 12.7 Å². The Morgan fingerprint density at radius 2 is 2.14 bits per heavy atom. The summed E-state index contributed by atoms with van der Waals surface area (Å²) in [7, 11) is 1.31. The third-order valence-electron chi connectivity index (χ3n) is 4.50. The standard InChI is InChI=1S/C20H26N4O4/c1-13(2)28-18-7-6-14(20(26)27-3)11-17(18)22-19(25)16-8-10-24(23-16)15-5-4-9-21-12-15/h6-8,10-11,13,15,21H,4-5,9,12H2,1-3H3,(H,22,25). The summed E-state index contributed by atoms with van der Waals surface area (Å²) >= 11 is 0. The third-order valence-corrected chi connectivity index (χ3v) is 4.50. The molecule has 0 bridgehead atoms. The smallest absolute Gasteiger partial charge is 0.337 e. The van der Waals surface area contributed by atoms with Crippen LogP contribution in [-0.2, 0) is 4.74 Å². The van der Waals surface area contributed by atoms with E-state index in [-0.39, 0.29) is 18.1 Å². The fourth-order valence-corrected chi connectivity index (χ4v) is 3.14. The van der Waals surface area contributed by atoms with Gasteiger partial charge in [0.15, 0.2) is 5.69 Å². The minimum Gasteiger partial charge on any atom is -0.489 e. The maximum Gasteiger partial charge on any atom is 0.337 e. The highest BCUT2D eigenvalue weighted by Gasteiger charge is 2.19. The third kappa shape index (κ3) is 4.69. The van der Waals surface area contributed by atoms with Crippen LogP contribution in [0.15, 0.2) is 30.5 Å². The molecule has 2 N–H and O–H groups in total. The molecule has 1 amide bonds. The molecular formula is C20H26N4O4. The normalized spacial score (nSPS) is 16.6. The maximum absolute atomic E-state index is 12.7. The first-order valence-corrected chi connectivity index (χ1v) is 9.44. The molecule has 8 heteroatoms. The Hall–Kier alpha value is -2.87. The van der Waals surface area contributed by atoms with Gasteiger partial charge in [0.2, 0.25) is 0 Å². The molecule has 1 atom stereocenters. The van der Waals surface area contributed by atoms with E-state index in [1.54, 1.807) is 24.3 Å². The van der Waals surface area contributed by atoms with Crippen LogP contribution in [0.2, 0.25) is 0 Å². The predicted octanol–water partition coefficient (Wildman–Crippen LogP) is 2.63. The molecule has 1 aliphatic heterocycles. The highest BCUT2D eigenvalue weighted by Crippen LogP contribution is 2.28. The van der Waals surface area contributed by atoms with Crippen LogP contribution >= 0.6 is 0 Å². The van der Waals surface area contributed by atoms with Crippen molar-refractivity contribution in [1.29, 1.82) is 0 Å². The van der Waals surface area contributed by atoms with E-state index in [1.807, 2.05) is 24.7 Å². The molecule has 8 nitrogen and oxygen atoms in total. The van der Waals surface area contributed by atoms with Crippen LogP contribution in [-0.4, -0.2) is 48.0 Å². The van der Waals surface area contributed by atoms with Gasteiger partial charge < -0.3 is 20.1 Å². The summed E-state index contributed by atoms with van der Waals surface area (Å²) in [6.07, 6.45) is 3.85. The number of carbonyl (C=O) groups excluding carboxylic acids is 2. The minimum atomic E-state index is -0.485. The van der Waals surface area contributed by atoms with Crippen LogP contribution in [0.5, 0.6) is 5.75 Å². The first-order valence-electron chi connectivity index (χ1n) is 9.44. The van der Waals surface area contributed by atoms with Crippen molar-refractivity contribution < 1.29 is 19.1 Å². The van der Waals surface area contributed by atoms with E-state index in [4.69, 9.17) is 9.47 Å². The molecule has 0 aliphatic carbocycles. The summed E-state index contributed by atoms with van der Waals surface area (Å²) in [6, 6.07) is 6.73. The van der Waals surface area contributed by atoms with Crippen LogP contribution in [0.4, 0.5) is 5.69 Å². The Labute approximate surface area is 164 Å². The summed E-state index contributed by atoms with van der Waals surface area (Å²) in [4.78, 5) is 24.6. The number of benzene rings is 1. The number of hydrogen-bond donors (Lipinski definition) is 2. The van der Waals surface area contributed by atoms with Crippen molar-refractivity contribution in [3.05, 3.63) is 41.7 Å². The number of rotatable bonds is 6. The second-order valence-corrected chi connectivity index (χ2v) is 7.00. The number of amides is 1. The first kappa shape index (κ1) is 19.9. The van der Waals surface area contributed by atoms with Crippen molar-refractivity contribution in [3.8, 4) is 5.75 Å². The van der Waals surface area contributed by atoms with Crippen molar-refractivity contribution in [3.63, 3.8) is 0 Å². The molecule has 1 unspecified atom stereocenters. The van der Waals surface area contributed by atoms with Crippen LogP contribution in [0.25, 0.3) is 0 Å². The summed E-state index contributed by atoms with van der Waals surface area (Å²) in [6.45, 7) is 5.63. The molecule has 3 rings (SSSR count). The number of carbonyl (C=O) groups is 2. The summed E-state index contributed by atoms with van der Waals surface area (Å²) in [5, 5.41) is 10.6. The van der Waals surface area contributed by atoms with E-state index in [0.717, 1.165) is 25.9 Å². The Balaban J connectivity index is 1.80. The molecule has 0 saturated carbocycles. The second kappa shape index (κ2) is 8.88. The number of aromatic nitrogens is 2. The van der Waals surface area contributed by atoms with E-state index in [9.17, 15) is 9.59 Å². The van der Waals surface area contributed by atoms with E-state index in [2.05, 4.69) is 15.7 Å². The lowest BCUT2D eigenvalue weighted by molar-refractivity contribution is 0.0600. The molecule has 1 fully saturated rings. The van der Waals surface area contributed by atoms with Crippen LogP contribution in [0.1, 0.15) is 53.6 Å². The van der Waals surface area contributed by atoms with Gasteiger partial charge in [-0.1, -0.05) is 0 Å². The topological polar surface area (TPSA) is 94.5 Å². The molecule has 28 heavy (non-hydrogen) atoms. The van der Waals surface area contributed by atoms with Gasteiger partial charge in [-0.2, -0.15) is 5.10 Å². The number of methoxy groups -OCH3 is 1. The lowest BCUT2D eigenvalue weighted by Crippen LogP contribution is -2.32. The zero-order chi connectivity index (χ0) is 20.1. The Bertz CT molecular complexity index is 840. The Morgan fingerprint density at radius 3 is 2.82 bits per heavy atom. The highest BCUT2D eigenvalue weighted by atomic mass is 16.5. The molecule has 1 aromatic carbocycles. The summed E-state index contributed by atoms with van der Waals surface area (Å²) in [5.41, 5.74) is 1.03. The number of nitrogens with zero attached hydrogens (tertiary/aromatic N) is 2. The molecule has 0 spiro atoms. The zero-order valence-electron chi connectivity index (χ0n) is 16.4. The van der Waals surface area contributed by atoms with Crippen LogP contribution in [0, 0.1) is 0 Å². The van der Waals surface area contributed by atoms with E-state index < -0.39 is 5.97 Å².